The molecular formula is C19H24N4O. The van der Waals surface area contributed by atoms with Crippen molar-refractivity contribution in [3.05, 3.63) is 35.5 Å². The van der Waals surface area contributed by atoms with Crippen LogP contribution >= 0.6 is 0 Å². The fourth-order valence-corrected chi connectivity index (χ4v) is 3.91. The molecule has 1 fully saturated rings. The Hall–Kier alpha value is -2.14. The molecule has 1 saturated carbocycles. The number of H-pyrrole nitrogens is 1. The van der Waals surface area contributed by atoms with Gasteiger partial charge in [0.2, 0.25) is 0 Å². The molecule has 126 valence electrons. The number of aromatic amines is 1. The molecule has 5 nitrogen and oxygen atoms in total. The van der Waals surface area contributed by atoms with Crippen molar-refractivity contribution in [2.24, 2.45) is 5.10 Å². The predicted molar refractivity (Wildman–Crippen MR) is 96.0 cm³/mol. The lowest BCUT2D eigenvalue weighted by molar-refractivity contribution is -0.123. The lowest BCUT2D eigenvalue weighted by atomic mass is 9.94. The monoisotopic (exact) mass is 324 g/mol. The van der Waals surface area contributed by atoms with Crippen LogP contribution in [-0.4, -0.2) is 22.6 Å². The molecule has 24 heavy (non-hydrogen) atoms. The normalized spacial score (nSPS) is 23.8. The van der Waals surface area contributed by atoms with E-state index < -0.39 is 0 Å². The second kappa shape index (κ2) is 6.40. The molecule has 1 amide bonds. The molecule has 3 N–H and O–H groups in total. The molecule has 4 rings (SSSR count). The van der Waals surface area contributed by atoms with Crippen LogP contribution in [0.2, 0.25) is 0 Å². The third-order valence-corrected chi connectivity index (χ3v) is 5.21. The maximum absolute atomic E-state index is 12.6. The maximum Gasteiger partial charge on any atom is 0.257 e. The molecule has 1 aromatic carbocycles. The van der Waals surface area contributed by atoms with Crippen LogP contribution in [0, 0.1) is 0 Å². The van der Waals surface area contributed by atoms with Crippen molar-refractivity contribution in [2.75, 3.05) is 0 Å². The average Bonchev–Trinajstić information content (AvgIpc) is 3.00. The summed E-state index contributed by atoms with van der Waals surface area (Å²) in [4.78, 5) is 16.1. The molecule has 0 radical (unpaired) electrons. The molecule has 5 heteroatoms. The number of amides is 1. The Kier molecular flexibility index (Phi) is 4.10. The number of benzene rings is 1. The Morgan fingerprint density at radius 1 is 1.21 bits per heavy atom. The molecule has 2 atom stereocenters. The van der Waals surface area contributed by atoms with Crippen molar-refractivity contribution in [3.63, 3.8) is 0 Å². The van der Waals surface area contributed by atoms with Gasteiger partial charge in [-0.15, -0.1) is 0 Å². The molecule has 0 bridgehead atoms. The lowest BCUT2D eigenvalue weighted by Crippen LogP contribution is -2.48. The van der Waals surface area contributed by atoms with Crippen molar-refractivity contribution < 1.29 is 4.79 Å². The standard InChI is InChI=1S/C19H24N4O/c1-12-18-15(14-9-5-6-10-16(14)21-18)11-17(20-12)19(24)23-22-13-7-3-2-4-8-13/h5-6,9-10,12,17,20-21H,2-4,7-8,11H2,1H3,(H,23,24)/t12?,17-/m0/s1. The van der Waals surface area contributed by atoms with Gasteiger partial charge < -0.3 is 4.98 Å². The fourth-order valence-electron chi connectivity index (χ4n) is 3.91. The number of carbonyl (C=O) groups is 1. The Morgan fingerprint density at radius 3 is 2.83 bits per heavy atom. The van der Waals surface area contributed by atoms with Crippen LogP contribution in [0.3, 0.4) is 0 Å². The number of hydrogen-bond acceptors (Lipinski definition) is 3. The van der Waals surface area contributed by atoms with Crippen molar-refractivity contribution in [1.29, 1.82) is 0 Å². The summed E-state index contributed by atoms with van der Waals surface area (Å²) in [5.41, 5.74) is 7.50. The quantitative estimate of drug-likeness (QED) is 0.743. The van der Waals surface area contributed by atoms with E-state index in [4.69, 9.17) is 0 Å². The van der Waals surface area contributed by atoms with E-state index in [1.165, 1.54) is 35.9 Å². The van der Waals surface area contributed by atoms with Crippen molar-refractivity contribution >= 4 is 22.5 Å². The summed E-state index contributed by atoms with van der Waals surface area (Å²) in [6, 6.07) is 8.18. The minimum Gasteiger partial charge on any atom is -0.357 e. The number of hydrogen-bond donors (Lipinski definition) is 3. The van der Waals surface area contributed by atoms with E-state index in [1.54, 1.807) is 0 Å². The Balaban J connectivity index is 1.52. The highest BCUT2D eigenvalue weighted by molar-refractivity contribution is 5.90. The zero-order chi connectivity index (χ0) is 16.5. The van der Waals surface area contributed by atoms with Crippen LogP contribution in [-0.2, 0) is 11.2 Å². The van der Waals surface area contributed by atoms with Gasteiger partial charge in [0.15, 0.2) is 0 Å². The molecule has 2 aromatic rings. The third kappa shape index (κ3) is 2.84. The average molecular weight is 324 g/mol. The largest absolute Gasteiger partial charge is 0.357 e. The van der Waals surface area contributed by atoms with Crippen LogP contribution in [0.15, 0.2) is 29.4 Å². The van der Waals surface area contributed by atoms with Gasteiger partial charge in [-0.2, -0.15) is 5.10 Å². The number of hydrazone groups is 1. The number of fused-ring (bicyclic) bond motifs is 3. The second-order valence-corrected chi connectivity index (χ2v) is 6.92. The predicted octanol–water partition coefficient (Wildman–Crippen LogP) is 3.18. The number of para-hydroxylation sites is 1. The SMILES string of the molecule is CC1N[C@H](C(=O)NN=C2CCCCC2)Cc2c1[nH]c1ccccc21. The summed E-state index contributed by atoms with van der Waals surface area (Å²) < 4.78 is 0. The number of aromatic nitrogens is 1. The molecule has 2 aliphatic rings. The molecule has 1 unspecified atom stereocenters. The smallest absolute Gasteiger partial charge is 0.257 e. The van der Waals surface area contributed by atoms with Gasteiger partial charge in [0.1, 0.15) is 0 Å². The maximum atomic E-state index is 12.6. The third-order valence-electron chi connectivity index (χ3n) is 5.21. The van der Waals surface area contributed by atoms with E-state index >= 15 is 0 Å². The highest BCUT2D eigenvalue weighted by Gasteiger charge is 2.30. The number of nitrogens with zero attached hydrogens (tertiary/aromatic N) is 1. The Bertz CT molecular complexity index is 784. The summed E-state index contributed by atoms with van der Waals surface area (Å²) in [5, 5.41) is 8.99. The number of rotatable bonds is 2. The van der Waals surface area contributed by atoms with Crippen LogP contribution in [0.5, 0.6) is 0 Å². The first kappa shape index (κ1) is 15.4. The number of carbonyl (C=O) groups excluding carboxylic acids is 1. The summed E-state index contributed by atoms with van der Waals surface area (Å²) >= 11 is 0. The Labute approximate surface area is 141 Å². The van der Waals surface area contributed by atoms with Gasteiger partial charge in [-0.3, -0.25) is 10.1 Å². The summed E-state index contributed by atoms with van der Waals surface area (Å²) in [5.74, 6) is -0.0316. The highest BCUT2D eigenvalue weighted by atomic mass is 16.2. The van der Waals surface area contributed by atoms with E-state index in [0.717, 1.165) is 24.1 Å². The first-order chi connectivity index (χ1) is 11.7. The van der Waals surface area contributed by atoms with Crippen LogP contribution < -0.4 is 10.7 Å². The first-order valence-corrected chi connectivity index (χ1v) is 8.93. The van der Waals surface area contributed by atoms with Gasteiger partial charge in [-0.1, -0.05) is 24.6 Å². The summed E-state index contributed by atoms with van der Waals surface area (Å²) in [6.45, 7) is 2.10. The zero-order valence-corrected chi connectivity index (χ0v) is 14.1. The van der Waals surface area contributed by atoms with Gasteiger partial charge in [0.05, 0.1) is 6.04 Å². The second-order valence-electron chi connectivity index (χ2n) is 6.92. The topological polar surface area (TPSA) is 69.3 Å². The van der Waals surface area contributed by atoms with Gasteiger partial charge in [-0.25, -0.2) is 5.43 Å². The van der Waals surface area contributed by atoms with E-state index in [9.17, 15) is 4.79 Å². The molecule has 1 aromatic heterocycles. The first-order valence-electron chi connectivity index (χ1n) is 8.93. The molecule has 1 aliphatic carbocycles. The van der Waals surface area contributed by atoms with E-state index in [1.807, 2.05) is 12.1 Å². The van der Waals surface area contributed by atoms with E-state index in [0.29, 0.717) is 6.42 Å². The van der Waals surface area contributed by atoms with Crippen molar-refractivity contribution in [1.82, 2.24) is 15.7 Å². The molecule has 2 heterocycles. The fraction of sp³-hybridized carbons (Fsp3) is 0.474. The number of nitrogens with one attached hydrogen (secondary N) is 3. The van der Waals surface area contributed by atoms with Crippen LogP contribution in [0.1, 0.15) is 56.3 Å². The van der Waals surface area contributed by atoms with Crippen molar-refractivity contribution in [3.8, 4) is 0 Å². The van der Waals surface area contributed by atoms with Crippen molar-refractivity contribution in [2.45, 2.75) is 57.5 Å². The molecule has 0 spiro atoms. The molecule has 0 saturated heterocycles. The van der Waals surface area contributed by atoms with Gasteiger partial charge in [0.25, 0.3) is 5.91 Å². The van der Waals surface area contributed by atoms with Gasteiger partial charge in [0, 0.05) is 28.4 Å². The molecular weight excluding hydrogens is 300 g/mol. The molecule has 1 aliphatic heterocycles. The van der Waals surface area contributed by atoms with Crippen LogP contribution in [0.4, 0.5) is 0 Å². The van der Waals surface area contributed by atoms with E-state index in [-0.39, 0.29) is 18.0 Å². The highest BCUT2D eigenvalue weighted by Crippen LogP contribution is 2.31. The minimum absolute atomic E-state index is 0.0316. The zero-order valence-electron chi connectivity index (χ0n) is 14.1. The summed E-state index contributed by atoms with van der Waals surface area (Å²) in [7, 11) is 0. The van der Waals surface area contributed by atoms with Gasteiger partial charge >= 0.3 is 0 Å². The van der Waals surface area contributed by atoms with Gasteiger partial charge in [-0.05, 0) is 50.7 Å². The lowest BCUT2D eigenvalue weighted by Gasteiger charge is -2.28. The Morgan fingerprint density at radius 2 is 2.00 bits per heavy atom. The van der Waals surface area contributed by atoms with E-state index in [2.05, 4.69) is 39.9 Å². The van der Waals surface area contributed by atoms with Crippen LogP contribution in [0.25, 0.3) is 10.9 Å². The minimum atomic E-state index is -0.236. The summed E-state index contributed by atoms with van der Waals surface area (Å²) in [6.07, 6.45) is 6.37.